The van der Waals surface area contributed by atoms with Gasteiger partial charge in [-0.3, -0.25) is 0 Å². The SMILES string of the molecule is CCCCCCCCCCCCCCCCCCc1cc(C2CCCCC2)c(O)c(C2CCCCC2)c1. The Kier molecular flexibility index (Phi) is 15.8. The van der Waals surface area contributed by atoms with Crippen LogP contribution in [0.5, 0.6) is 5.75 Å². The molecule has 2 saturated carbocycles. The fourth-order valence-electron chi connectivity index (χ4n) is 7.22. The summed E-state index contributed by atoms with van der Waals surface area (Å²) in [5, 5.41) is 11.3. The van der Waals surface area contributed by atoms with E-state index in [0.717, 1.165) is 0 Å². The van der Waals surface area contributed by atoms with Gasteiger partial charge in [-0.2, -0.15) is 0 Å². The molecule has 2 aliphatic rings. The number of phenolic OH excluding ortho intramolecular Hbond substituents is 1. The molecule has 0 radical (unpaired) electrons. The van der Waals surface area contributed by atoms with Crippen molar-refractivity contribution < 1.29 is 5.11 Å². The molecule has 1 aromatic carbocycles. The van der Waals surface area contributed by atoms with E-state index in [-0.39, 0.29) is 0 Å². The van der Waals surface area contributed by atoms with Crippen LogP contribution in [0.3, 0.4) is 0 Å². The Hall–Kier alpha value is -0.980. The van der Waals surface area contributed by atoms with E-state index in [2.05, 4.69) is 19.1 Å². The number of aryl methyl sites for hydroxylation is 1. The number of phenols is 1. The van der Waals surface area contributed by atoms with Crippen LogP contribution in [-0.2, 0) is 6.42 Å². The lowest BCUT2D eigenvalue weighted by atomic mass is 9.78. The fourth-order valence-corrected chi connectivity index (χ4v) is 7.22. The minimum absolute atomic E-state index is 0.599. The van der Waals surface area contributed by atoms with Crippen LogP contribution in [0.15, 0.2) is 12.1 Å². The Morgan fingerprint density at radius 2 is 0.865 bits per heavy atom. The van der Waals surface area contributed by atoms with Crippen molar-refractivity contribution in [1.29, 1.82) is 0 Å². The zero-order chi connectivity index (χ0) is 26.0. The van der Waals surface area contributed by atoms with Gasteiger partial charge in [-0.05, 0) is 67.1 Å². The molecule has 0 aromatic heterocycles. The molecule has 0 atom stereocenters. The largest absolute Gasteiger partial charge is 0.507 e. The highest BCUT2D eigenvalue weighted by Crippen LogP contribution is 2.44. The molecule has 1 heteroatoms. The summed E-state index contributed by atoms with van der Waals surface area (Å²) in [7, 11) is 0. The van der Waals surface area contributed by atoms with Gasteiger partial charge in [0.2, 0.25) is 0 Å². The van der Waals surface area contributed by atoms with Crippen LogP contribution >= 0.6 is 0 Å². The molecule has 0 spiro atoms. The van der Waals surface area contributed by atoms with E-state index in [4.69, 9.17) is 0 Å². The molecule has 2 aliphatic carbocycles. The van der Waals surface area contributed by atoms with E-state index in [9.17, 15) is 5.11 Å². The summed E-state index contributed by atoms with van der Waals surface area (Å²) >= 11 is 0. The van der Waals surface area contributed by atoms with Crippen molar-refractivity contribution in [2.24, 2.45) is 0 Å². The second kappa shape index (κ2) is 19.1. The average Bonchev–Trinajstić information content (AvgIpc) is 2.94. The van der Waals surface area contributed by atoms with Crippen LogP contribution in [0.25, 0.3) is 0 Å². The zero-order valence-corrected chi connectivity index (χ0v) is 24.8. The normalized spacial score (nSPS) is 17.4. The fraction of sp³-hybridized carbons (Fsp3) is 0.833. The Labute approximate surface area is 231 Å². The summed E-state index contributed by atoms with van der Waals surface area (Å²) in [5.74, 6) is 1.89. The molecular formula is C36H62O. The first-order chi connectivity index (χ1) is 18.3. The monoisotopic (exact) mass is 510 g/mol. The molecule has 1 nitrogen and oxygen atoms in total. The van der Waals surface area contributed by atoms with Gasteiger partial charge in [-0.25, -0.2) is 0 Å². The molecule has 212 valence electrons. The summed E-state index contributed by atoms with van der Waals surface area (Å²) in [6, 6.07) is 4.84. The molecule has 1 N–H and O–H groups in total. The second-order valence-electron chi connectivity index (χ2n) is 12.8. The summed E-state index contributed by atoms with van der Waals surface area (Å²) in [4.78, 5) is 0. The summed E-state index contributed by atoms with van der Waals surface area (Å²) in [6.07, 6.45) is 37.3. The average molecular weight is 511 g/mol. The van der Waals surface area contributed by atoms with Crippen molar-refractivity contribution in [3.8, 4) is 5.75 Å². The molecule has 0 saturated heterocycles. The lowest BCUT2D eigenvalue weighted by Crippen LogP contribution is -2.10. The topological polar surface area (TPSA) is 20.2 Å². The minimum atomic E-state index is 0.599. The first-order valence-corrected chi connectivity index (χ1v) is 17.1. The number of benzene rings is 1. The number of hydrogen-bond acceptors (Lipinski definition) is 1. The maximum Gasteiger partial charge on any atom is 0.122 e. The Morgan fingerprint density at radius 1 is 0.514 bits per heavy atom. The summed E-state index contributed by atoms with van der Waals surface area (Å²) in [6.45, 7) is 2.30. The first-order valence-electron chi connectivity index (χ1n) is 17.1. The number of unbranched alkanes of at least 4 members (excludes halogenated alkanes) is 15. The molecular weight excluding hydrogens is 448 g/mol. The summed E-state index contributed by atoms with van der Waals surface area (Å²) in [5.41, 5.74) is 4.15. The van der Waals surface area contributed by atoms with Crippen molar-refractivity contribution >= 4 is 0 Å². The molecule has 0 bridgehead atoms. The van der Waals surface area contributed by atoms with Crippen molar-refractivity contribution in [3.63, 3.8) is 0 Å². The van der Waals surface area contributed by atoms with Gasteiger partial charge < -0.3 is 5.11 Å². The van der Waals surface area contributed by atoms with Gasteiger partial charge in [-0.15, -0.1) is 0 Å². The third-order valence-electron chi connectivity index (χ3n) is 9.64. The van der Waals surface area contributed by atoms with Crippen molar-refractivity contribution in [2.45, 2.75) is 192 Å². The maximum atomic E-state index is 11.3. The van der Waals surface area contributed by atoms with E-state index in [1.807, 2.05) is 0 Å². The van der Waals surface area contributed by atoms with Crippen LogP contribution in [-0.4, -0.2) is 5.11 Å². The van der Waals surface area contributed by atoms with Crippen molar-refractivity contribution in [1.82, 2.24) is 0 Å². The molecule has 3 rings (SSSR count). The van der Waals surface area contributed by atoms with E-state index >= 15 is 0 Å². The molecule has 0 heterocycles. The van der Waals surface area contributed by atoms with Gasteiger partial charge >= 0.3 is 0 Å². The lowest BCUT2D eigenvalue weighted by Gasteiger charge is -2.28. The standard InChI is InChI=1S/C36H62O/c1-2-3-4-5-6-7-8-9-10-11-12-13-14-15-16-19-24-31-29-34(32-25-20-17-21-26-32)36(37)35(30-31)33-27-22-18-23-28-33/h29-30,32-33,37H,2-28H2,1H3. The highest BCUT2D eigenvalue weighted by atomic mass is 16.3. The Morgan fingerprint density at radius 3 is 1.24 bits per heavy atom. The van der Waals surface area contributed by atoms with E-state index in [1.165, 1.54) is 190 Å². The Balaban J connectivity index is 1.30. The van der Waals surface area contributed by atoms with Gasteiger partial charge in [0.05, 0.1) is 0 Å². The molecule has 2 fully saturated rings. The molecule has 0 aliphatic heterocycles. The van der Waals surface area contributed by atoms with E-state index in [1.54, 1.807) is 0 Å². The highest BCUT2D eigenvalue weighted by Gasteiger charge is 2.25. The van der Waals surface area contributed by atoms with Gasteiger partial charge in [0.25, 0.3) is 0 Å². The molecule has 37 heavy (non-hydrogen) atoms. The lowest BCUT2D eigenvalue weighted by molar-refractivity contribution is 0.392. The van der Waals surface area contributed by atoms with Crippen LogP contribution < -0.4 is 0 Å². The quantitative estimate of drug-likeness (QED) is 0.183. The Bertz CT molecular complexity index is 656. The van der Waals surface area contributed by atoms with E-state index in [0.29, 0.717) is 17.6 Å². The molecule has 1 aromatic rings. The van der Waals surface area contributed by atoms with Crippen LogP contribution in [0.4, 0.5) is 0 Å². The van der Waals surface area contributed by atoms with Crippen LogP contribution in [0.1, 0.15) is 202 Å². The van der Waals surface area contributed by atoms with Crippen LogP contribution in [0.2, 0.25) is 0 Å². The zero-order valence-electron chi connectivity index (χ0n) is 24.8. The predicted octanol–water partition coefficient (Wildman–Crippen LogP) is 12.3. The van der Waals surface area contributed by atoms with Crippen molar-refractivity contribution in [3.05, 3.63) is 28.8 Å². The third kappa shape index (κ3) is 11.7. The van der Waals surface area contributed by atoms with Gasteiger partial charge in [-0.1, -0.05) is 154 Å². The van der Waals surface area contributed by atoms with Crippen molar-refractivity contribution in [2.75, 3.05) is 0 Å². The molecule has 0 amide bonds. The smallest absolute Gasteiger partial charge is 0.122 e. The highest BCUT2D eigenvalue weighted by molar-refractivity contribution is 5.48. The second-order valence-corrected chi connectivity index (χ2v) is 12.8. The van der Waals surface area contributed by atoms with Gasteiger partial charge in [0.15, 0.2) is 0 Å². The summed E-state index contributed by atoms with van der Waals surface area (Å²) < 4.78 is 0. The van der Waals surface area contributed by atoms with Gasteiger partial charge in [0.1, 0.15) is 5.75 Å². The maximum absolute atomic E-state index is 11.3. The van der Waals surface area contributed by atoms with Gasteiger partial charge in [0, 0.05) is 0 Å². The number of rotatable bonds is 19. The third-order valence-corrected chi connectivity index (χ3v) is 9.64. The molecule has 0 unspecified atom stereocenters. The first kappa shape index (κ1) is 30.6. The predicted molar refractivity (Wildman–Crippen MR) is 163 cm³/mol. The van der Waals surface area contributed by atoms with E-state index < -0.39 is 0 Å². The minimum Gasteiger partial charge on any atom is -0.507 e. The number of hydrogen-bond donors (Lipinski definition) is 1. The van der Waals surface area contributed by atoms with Crippen LogP contribution in [0, 0.1) is 0 Å². The number of aromatic hydroxyl groups is 1.